The molecule has 1 aliphatic rings. The lowest BCUT2D eigenvalue weighted by Gasteiger charge is -2.32. The lowest BCUT2D eigenvalue weighted by atomic mass is 9.95. The van der Waals surface area contributed by atoms with Crippen LogP contribution in [0.5, 0.6) is 0 Å². The van der Waals surface area contributed by atoms with Crippen LogP contribution in [0.25, 0.3) is 11.0 Å². The number of furan rings is 1. The molecule has 1 aliphatic carbocycles. The second kappa shape index (κ2) is 10.8. The maximum Gasteiger partial charge on any atom is 0.251 e. The molecule has 2 aromatic carbocycles. The van der Waals surface area contributed by atoms with Gasteiger partial charge in [0.1, 0.15) is 17.8 Å². The summed E-state index contributed by atoms with van der Waals surface area (Å²) in [7, 11) is 0. The fourth-order valence-electron chi connectivity index (χ4n) is 4.88. The predicted molar refractivity (Wildman–Crippen MR) is 138 cm³/mol. The van der Waals surface area contributed by atoms with Crippen LogP contribution >= 0.6 is 0 Å². The Morgan fingerprint density at radius 1 is 1.03 bits per heavy atom. The number of nitrogens with one attached hydrogen (secondary N) is 1. The Balaban J connectivity index is 1.53. The SMILES string of the molecule is CC(=O)c1ccc(N(C(=O)Cn2nnc3ccccc32)[C@H](C(=O)NC2CCCCC2)c2ccco2)cc1. The van der Waals surface area contributed by atoms with Gasteiger partial charge in [-0.3, -0.25) is 19.3 Å². The van der Waals surface area contributed by atoms with Crippen molar-refractivity contribution < 1.29 is 18.8 Å². The molecule has 0 unspecified atom stereocenters. The summed E-state index contributed by atoms with van der Waals surface area (Å²) in [5.74, 6) is -0.419. The van der Waals surface area contributed by atoms with Crippen LogP contribution in [0.4, 0.5) is 5.69 Å². The molecule has 4 aromatic rings. The first-order chi connectivity index (χ1) is 18.0. The Morgan fingerprint density at radius 3 is 2.49 bits per heavy atom. The standard InChI is InChI=1S/C28H29N5O4/c1-19(34)20-13-15-22(16-14-20)33(26(35)18-32-24-11-6-5-10-23(24)30-31-32)27(25-12-7-17-37-25)28(36)29-21-8-3-2-4-9-21/h5-7,10-17,21,27H,2-4,8-9,18H2,1H3,(H,29,36)/t27-/m0/s1. The molecule has 5 rings (SSSR count). The van der Waals surface area contributed by atoms with Crippen LogP contribution in [0.2, 0.25) is 0 Å². The van der Waals surface area contributed by atoms with Crippen molar-refractivity contribution >= 4 is 34.3 Å². The van der Waals surface area contributed by atoms with Crippen molar-refractivity contribution in [3.05, 3.63) is 78.3 Å². The first-order valence-electron chi connectivity index (χ1n) is 12.6. The molecule has 2 amide bonds. The maximum absolute atomic E-state index is 14.0. The van der Waals surface area contributed by atoms with Gasteiger partial charge in [-0.05, 0) is 68.3 Å². The Labute approximate surface area is 214 Å². The van der Waals surface area contributed by atoms with Gasteiger partial charge in [-0.25, -0.2) is 4.68 Å². The number of nitrogens with zero attached hydrogens (tertiary/aromatic N) is 4. The molecule has 2 heterocycles. The zero-order valence-electron chi connectivity index (χ0n) is 20.7. The van der Waals surface area contributed by atoms with E-state index in [2.05, 4.69) is 15.6 Å². The van der Waals surface area contributed by atoms with Gasteiger partial charge in [0.05, 0.1) is 11.8 Å². The van der Waals surface area contributed by atoms with Gasteiger partial charge in [0.2, 0.25) is 5.91 Å². The second-order valence-electron chi connectivity index (χ2n) is 9.36. The molecule has 37 heavy (non-hydrogen) atoms. The van der Waals surface area contributed by atoms with Crippen molar-refractivity contribution in [2.24, 2.45) is 0 Å². The summed E-state index contributed by atoms with van der Waals surface area (Å²) in [5.41, 5.74) is 2.37. The van der Waals surface area contributed by atoms with E-state index in [-0.39, 0.29) is 30.2 Å². The molecule has 9 nitrogen and oxygen atoms in total. The number of carbonyl (C=O) groups excluding carboxylic acids is 3. The van der Waals surface area contributed by atoms with Gasteiger partial charge in [0.15, 0.2) is 11.8 Å². The number of fused-ring (bicyclic) bond motifs is 1. The summed E-state index contributed by atoms with van der Waals surface area (Å²) in [6.45, 7) is 1.35. The van der Waals surface area contributed by atoms with Gasteiger partial charge in [-0.2, -0.15) is 0 Å². The van der Waals surface area contributed by atoms with Gasteiger partial charge in [0, 0.05) is 17.3 Å². The highest BCUT2D eigenvalue weighted by Crippen LogP contribution is 2.30. The lowest BCUT2D eigenvalue weighted by Crippen LogP contribution is -2.48. The van der Waals surface area contributed by atoms with E-state index in [0.717, 1.165) is 32.1 Å². The summed E-state index contributed by atoms with van der Waals surface area (Å²) < 4.78 is 7.20. The van der Waals surface area contributed by atoms with E-state index in [4.69, 9.17) is 4.42 Å². The van der Waals surface area contributed by atoms with Crippen molar-refractivity contribution in [1.29, 1.82) is 0 Å². The minimum absolute atomic E-state index is 0.0509. The van der Waals surface area contributed by atoms with Crippen molar-refractivity contribution in [1.82, 2.24) is 20.3 Å². The van der Waals surface area contributed by atoms with Crippen molar-refractivity contribution in [3.8, 4) is 0 Å². The highest BCUT2D eigenvalue weighted by molar-refractivity contribution is 6.02. The number of anilines is 1. The molecule has 9 heteroatoms. The van der Waals surface area contributed by atoms with Crippen LogP contribution in [-0.4, -0.2) is 38.6 Å². The molecule has 0 bridgehead atoms. The van der Waals surface area contributed by atoms with E-state index in [1.807, 2.05) is 24.3 Å². The largest absolute Gasteiger partial charge is 0.467 e. The van der Waals surface area contributed by atoms with E-state index < -0.39 is 6.04 Å². The molecule has 1 fully saturated rings. The minimum atomic E-state index is -1.04. The molecule has 190 valence electrons. The Bertz CT molecular complexity index is 1390. The van der Waals surface area contributed by atoms with Crippen molar-refractivity contribution in [2.75, 3.05) is 4.90 Å². The molecule has 1 saturated carbocycles. The topological polar surface area (TPSA) is 110 Å². The zero-order chi connectivity index (χ0) is 25.8. The molecule has 1 N–H and O–H groups in total. The van der Waals surface area contributed by atoms with Gasteiger partial charge in [-0.15, -0.1) is 5.10 Å². The van der Waals surface area contributed by atoms with Crippen LogP contribution in [0.15, 0.2) is 71.3 Å². The summed E-state index contributed by atoms with van der Waals surface area (Å²) in [6, 6.07) is 16.4. The predicted octanol–water partition coefficient (Wildman–Crippen LogP) is 4.45. The molecule has 1 atom stereocenters. The average Bonchev–Trinajstić information content (AvgIpc) is 3.58. The number of rotatable bonds is 8. The first kappa shape index (κ1) is 24.4. The number of hydrogen-bond acceptors (Lipinski definition) is 6. The molecule has 0 aliphatic heterocycles. The number of carbonyl (C=O) groups is 3. The highest BCUT2D eigenvalue weighted by atomic mass is 16.3. The van der Waals surface area contributed by atoms with Gasteiger partial charge in [0.25, 0.3) is 5.91 Å². The summed E-state index contributed by atoms with van der Waals surface area (Å²) in [6.07, 6.45) is 6.58. The number of para-hydroxylation sites is 1. The lowest BCUT2D eigenvalue weighted by molar-refractivity contribution is -0.128. The number of hydrogen-bond donors (Lipinski definition) is 1. The molecular weight excluding hydrogens is 470 g/mol. The van der Waals surface area contributed by atoms with Crippen molar-refractivity contribution in [3.63, 3.8) is 0 Å². The number of ketones is 1. The second-order valence-corrected chi connectivity index (χ2v) is 9.36. The van der Waals surface area contributed by atoms with E-state index >= 15 is 0 Å². The number of benzene rings is 2. The van der Waals surface area contributed by atoms with Crippen molar-refractivity contribution in [2.45, 2.75) is 57.7 Å². The van der Waals surface area contributed by atoms with E-state index in [1.165, 1.54) is 22.8 Å². The average molecular weight is 500 g/mol. The number of amides is 2. The van der Waals surface area contributed by atoms with Gasteiger partial charge >= 0.3 is 0 Å². The Hall–Kier alpha value is -4.27. The van der Waals surface area contributed by atoms with E-state index in [1.54, 1.807) is 36.4 Å². The summed E-state index contributed by atoms with van der Waals surface area (Å²) in [5, 5.41) is 11.5. The van der Waals surface area contributed by atoms with Gasteiger partial charge in [-0.1, -0.05) is 36.6 Å². The monoisotopic (exact) mass is 499 g/mol. The maximum atomic E-state index is 14.0. The zero-order valence-corrected chi connectivity index (χ0v) is 20.7. The Kier molecular flexibility index (Phi) is 7.11. The fraction of sp³-hybridized carbons (Fsp3) is 0.321. The minimum Gasteiger partial charge on any atom is -0.467 e. The quantitative estimate of drug-likeness (QED) is 0.359. The molecular formula is C28H29N5O4. The third-order valence-electron chi connectivity index (χ3n) is 6.80. The van der Waals surface area contributed by atoms with Gasteiger partial charge < -0.3 is 9.73 Å². The Morgan fingerprint density at radius 2 is 1.78 bits per heavy atom. The summed E-state index contributed by atoms with van der Waals surface area (Å²) in [4.78, 5) is 41.0. The van der Waals surface area contributed by atoms with Crippen LogP contribution in [0.3, 0.4) is 0 Å². The normalized spacial score (nSPS) is 14.8. The molecule has 0 saturated heterocycles. The van der Waals surface area contributed by atoms with Crippen LogP contribution in [0.1, 0.15) is 61.2 Å². The van der Waals surface area contributed by atoms with Crippen LogP contribution < -0.4 is 10.2 Å². The highest BCUT2D eigenvalue weighted by Gasteiger charge is 2.36. The van der Waals surface area contributed by atoms with Crippen LogP contribution in [0, 0.1) is 0 Å². The fourth-order valence-corrected chi connectivity index (χ4v) is 4.88. The number of aromatic nitrogens is 3. The third kappa shape index (κ3) is 5.30. The van der Waals surface area contributed by atoms with Crippen LogP contribution in [-0.2, 0) is 16.1 Å². The molecule has 0 radical (unpaired) electrons. The molecule has 2 aromatic heterocycles. The number of Topliss-reactive ketones (excluding diaryl/α,β-unsaturated/α-hetero) is 1. The molecule has 0 spiro atoms. The smallest absolute Gasteiger partial charge is 0.251 e. The van der Waals surface area contributed by atoms with E-state index in [9.17, 15) is 14.4 Å². The van der Waals surface area contributed by atoms with E-state index in [0.29, 0.717) is 28.0 Å². The third-order valence-corrected chi connectivity index (χ3v) is 6.80. The summed E-state index contributed by atoms with van der Waals surface area (Å²) >= 11 is 0. The first-order valence-corrected chi connectivity index (χ1v) is 12.6.